The predicted molar refractivity (Wildman–Crippen MR) is 54.7 cm³/mol. The maximum absolute atomic E-state index is 11.3. The van der Waals surface area contributed by atoms with Gasteiger partial charge in [-0.3, -0.25) is 10.1 Å². The van der Waals surface area contributed by atoms with Crippen molar-refractivity contribution in [2.45, 2.75) is 38.1 Å². The van der Waals surface area contributed by atoms with Gasteiger partial charge in [0, 0.05) is 5.75 Å². The second-order valence-corrected chi connectivity index (χ2v) is 4.32. The van der Waals surface area contributed by atoms with Crippen LogP contribution in [0.15, 0.2) is 0 Å². The summed E-state index contributed by atoms with van der Waals surface area (Å²) < 4.78 is 4.94. The van der Waals surface area contributed by atoms with E-state index in [0.29, 0.717) is 12.0 Å². The summed E-state index contributed by atoms with van der Waals surface area (Å²) in [4.78, 5) is 11.3. The van der Waals surface area contributed by atoms with E-state index in [4.69, 9.17) is 4.74 Å². The van der Waals surface area contributed by atoms with E-state index < -0.39 is 0 Å². The van der Waals surface area contributed by atoms with Crippen LogP contribution in [0.3, 0.4) is 0 Å². The molecule has 2 atom stereocenters. The van der Waals surface area contributed by atoms with Crippen LogP contribution in [0.1, 0.15) is 26.7 Å². The van der Waals surface area contributed by atoms with Gasteiger partial charge in [-0.05, 0) is 13.3 Å². The predicted octanol–water partition coefficient (Wildman–Crippen LogP) is 1.38. The summed E-state index contributed by atoms with van der Waals surface area (Å²) in [5.41, 5.74) is 0. The maximum Gasteiger partial charge on any atom is 0.324 e. The molecular formula is C9H17NO2S. The fourth-order valence-corrected chi connectivity index (χ4v) is 2.66. The molecule has 1 saturated heterocycles. The quantitative estimate of drug-likeness (QED) is 0.701. The van der Waals surface area contributed by atoms with Gasteiger partial charge in [0.2, 0.25) is 0 Å². The third-order valence-electron chi connectivity index (χ3n) is 1.97. The number of esters is 1. The Balaban J connectivity index is 2.27. The number of hydrogen-bond donors (Lipinski definition) is 1. The van der Waals surface area contributed by atoms with E-state index in [1.807, 2.05) is 18.7 Å². The summed E-state index contributed by atoms with van der Waals surface area (Å²) in [6, 6.07) is -0.0819. The van der Waals surface area contributed by atoms with Crippen LogP contribution in [0.2, 0.25) is 0 Å². The fourth-order valence-electron chi connectivity index (χ4n) is 1.34. The molecule has 0 radical (unpaired) electrons. The first-order chi connectivity index (χ1) is 6.27. The Hall–Kier alpha value is -0.220. The number of hydrogen-bond acceptors (Lipinski definition) is 4. The average Bonchev–Trinajstić information content (AvgIpc) is 2.54. The Labute approximate surface area is 83.6 Å². The van der Waals surface area contributed by atoms with Gasteiger partial charge in [-0.25, -0.2) is 0 Å². The van der Waals surface area contributed by atoms with Gasteiger partial charge < -0.3 is 4.74 Å². The van der Waals surface area contributed by atoms with Crippen LogP contribution < -0.4 is 5.32 Å². The molecule has 3 nitrogen and oxygen atoms in total. The summed E-state index contributed by atoms with van der Waals surface area (Å²) in [5, 5.41) is 3.71. The van der Waals surface area contributed by atoms with Crippen molar-refractivity contribution in [3.05, 3.63) is 0 Å². The van der Waals surface area contributed by atoms with Crippen molar-refractivity contribution < 1.29 is 9.53 Å². The summed E-state index contributed by atoms with van der Waals surface area (Å²) in [7, 11) is 0. The highest BCUT2D eigenvalue weighted by atomic mass is 32.2. The second kappa shape index (κ2) is 5.50. The van der Waals surface area contributed by atoms with Gasteiger partial charge in [0.1, 0.15) is 6.04 Å². The van der Waals surface area contributed by atoms with Gasteiger partial charge in [0.05, 0.1) is 12.0 Å². The van der Waals surface area contributed by atoms with Gasteiger partial charge in [0.25, 0.3) is 0 Å². The highest BCUT2D eigenvalue weighted by molar-refractivity contribution is 8.00. The van der Waals surface area contributed by atoms with E-state index in [0.717, 1.165) is 18.6 Å². The standard InChI is InChI=1S/C9H17NO2S/c1-3-5-8-10-7(6-13-8)9(11)12-4-2/h7-8,10H,3-6H2,1-2H3/t7-,8?/m0/s1. The minimum absolute atomic E-state index is 0.0819. The van der Waals surface area contributed by atoms with E-state index in [9.17, 15) is 4.79 Å². The van der Waals surface area contributed by atoms with Crippen molar-refractivity contribution in [1.82, 2.24) is 5.32 Å². The molecule has 1 N–H and O–H groups in total. The summed E-state index contributed by atoms with van der Waals surface area (Å²) in [6.07, 6.45) is 2.28. The molecule has 0 aromatic rings. The van der Waals surface area contributed by atoms with E-state index in [1.165, 1.54) is 0 Å². The minimum Gasteiger partial charge on any atom is -0.465 e. The third-order valence-corrected chi connectivity index (χ3v) is 3.27. The lowest BCUT2D eigenvalue weighted by Crippen LogP contribution is -2.37. The van der Waals surface area contributed by atoms with Crippen LogP contribution in [0, 0.1) is 0 Å². The molecule has 0 bridgehead atoms. The molecule has 0 aromatic carbocycles. The van der Waals surface area contributed by atoms with Crippen molar-refractivity contribution in [3.63, 3.8) is 0 Å². The zero-order valence-electron chi connectivity index (χ0n) is 8.21. The van der Waals surface area contributed by atoms with Crippen LogP contribution >= 0.6 is 11.8 Å². The van der Waals surface area contributed by atoms with Crippen LogP contribution in [-0.4, -0.2) is 29.7 Å². The van der Waals surface area contributed by atoms with Crippen LogP contribution in [-0.2, 0) is 9.53 Å². The van der Waals surface area contributed by atoms with Gasteiger partial charge in [-0.2, -0.15) is 0 Å². The Morgan fingerprint density at radius 2 is 2.38 bits per heavy atom. The topological polar surface area (TPSA) is 38.3 Å². The van der Waals surface area contributed by atoms with Gasteiger partial charge in [0.15, 0.2) is 0 Å². The van der Waals surface area contributed by atoms with Gasteiger partial charge in [-0.15, -0.1) is 11.8 Å². The Bertz CT molecular complexity index is 175. The molecule has 4 heteroatoms. The highest BCUT2D eigenvalue weighted by Crippen LogP contribution is 2.22. The lowest BCUT2D eigenvalue weighted by atomic mass is 10.3. The number of thioether (sulfide) groups is 1. The molecule has 1 unspecified atom stereocenters. The summed E-state index contributed by atoms with van der Waals surface area (Å²) >= 11 is 1.82. The third kappa shape index (κ3) is 3.19. The van der Waals surface area contributed by atoms with E-state index in [2.05, 4.69) is 12.2 Å². The first-order valence-electron chi connectivity index (χ1n) is 4.82. The smallest absolute Gasteiger partial charge is 0.324 e. The number of ether oxygens (including phenoxy) is 1. The molecule has 1 fully saturated rings. The minimum atomic E-state index is -0.103. The Morgan fingerprint density at radius 3 is 3.00 bits per heavy atom. The number of carbonyl (C=O) groups excluding carboxylic acids is 1. The van der Waals surface area contributed by atoms with Crippen molar-refractivity contribution in [1.29, 1.82) is 0 Å². The zero-order valence-corrected chi connectivity index (χ0v) is 9.02. The molecule has 0 aliphatic carbocycles. The molecule has 0 spiro atoms. The van der Waals surface area contributed by atoms with Gasteiger partial charge >= 0.3 is 5.97 Å². The molecule has 76 valence electrons. The first kappa shape index (κ1) is 10.9. The van der Waals surface area contributed by atoms with Gasteiger partial charge in [-0.1, -0.05) is 13.3 Å². The lowest BCUT2D eigenvalue weighted by molar-refractivity contribution is -0.144. The van der Waals surface area contributed by atoms with Crippen molar-refractivity contribution in [2.75, 3.05) is 12.4 Å². The summed E-state index contributed by atoms with van der Waals surface area (Å²) in [6.45, 7) is 4.46. The van der Waals surface area contributed by atoms with E-state index in [-0.39, 0.29) is 12.0 Å². The van der Waals surface area contributed by atoms with Crippen molar-refractivity contribution in [2.24, 2.45) is 0 Å². The van der Waals surface area contributed by atoms with E-state index in [1.54, 1.807) is 0 Å². The maximum atomic E-state index is 11.3. The second-order valence-electron chi connectivity index (χ2n) is 3.08. The average molecular weight is 203 g/mol. The summed E-state index contributed by atoms with van der Waals surface area (Å²) in [5.74, 6) is 0.748. The molecule has 0 saturated carbocycles. The zero-order chi connectivity index (χ0) is 9.68. The molecule has 0 aromatic heterocycles. The SMILES string of the molecule is CCCC1N[C@H](C(=O)OCC)CS1. The molecule has 0 amide bonds. The first-order valence-corrected chi connectivity index (χ1v) is 5.87. The van der Waals surface area contributed by atoms with Crippen LogP contribution in [0.5, 0.6) is 0 Å². The Morgan fingerprint density at radius 1 is 1.62 bits per heavy atom. The highest BCUT2D eigenvalue weighted by Gasteiger charge is 2.29. The molecular weight excluding hydrogens is 186 g/mol. The largest absolute Gasteiger partial charge is 0.465 e. The molecule has 1 aliphatic rings. The number of nitrogens with one attached hydrogen (secondary N) is 1. The molecule has 1 rings (SSSR count). The van der Waals surface area contributed by atoms with Crippen LogP contribution in [0.25, 0.3) is 0 Å². The number of rotatable bonds is 4. The van der Waals surface area contributed by atoms with Crippen molar-refractivity contribution in [3.8, 4) is 0 Å². The van der Waals surface area contributed by atoms with Crippen LogP contribution in [0.4, 0.5) is 0 Å². The molecule has 13 heavy (non-hydrogen) atoms. The fraction of sp³-hybridized carbons (Fsp3) is 0.889. The lowest BCUT2D eigenvalue weighted by Gasteiger charge is -2.11. The monoisotopic (exact) mass is 203 g/mol. The normalized spacial score (nSPS) is 27.5. The molecule has 1 aliphatic heterocycles. The molecule has 1 heterocycles. The van der Waals surface area contributed by atoms with E-state index >= 15 is 0 Å². The van der Waals surface area contributed by atoms with Crippen molar-refractivity contribution >= 4 is 17.7 Å². The number of carbonyl (C=O) groups is 1. The Kier molecular flexibility index (Phi) is 4.59.